The molecule has 2 rings (SSSR count). The highest BCUT2D eigenvalue weighted by Crippen LogP contribution is 2.16. The van der Waals surface area contributed by atoms with Gasteiger partial charge in [-0.25, -0.2) is 0 Å². The third-order valence-electron chi connectivity index (χ3n) is 3.86. The van der Waals surface area contributed by atoms with E-state index in [1.807, 2.05) is 12.4 Å². The lowest BCUT2D eigenvalue weighted by atomic mass is 9.94. The second kappa shape index (κ2) is 6.99. The molecule has 0 spiro atoms. The average Bonchev–Trinajstić information content (AvgIpc) is 2.91. The molecule has 2 heterocycles. The summed E-state index contributed by atoms with van der Waals surface area (Å²) in [6.45, 7) is 14.2. The third-order valence-corrected chi connectivity index (χ3v) is 3.86. The fraction of sp³-hybridized carbons (Fsp3) is 0.474. The fourth-order valence-electron chi connectivity index (χ4n) is 2.59. The predicted molar refractivity (Wildman–Crippen MR) is 99.2 cm³/mol. The van der Waals surface area contributed by atoms with Gasteiger partial charge in [-0.15, -0.1) is 0 Å². The van der Waals surface area contributed by atoms with E-state index in [0.29, 0.717) is 0 Å². The lowest BCUT2D eigenvalue weighted by Crippen LogP contribution is -2.20. The van der Waals surface area contributed by atoms with Gasteiger partial charge in [0.05, 0.1) is 11.4 Å². The summed E-state index contributed by atoms with van der Waals surface area (Å²) in [6, 6.07) is 4.27. The molecule has 2 aromatic rings. The van der Waals surface area contributed by atoms with Crippen LogP contribution in [0, 0.1) is 33.1 Å². The monoisotopic (exact) mass is 312 g/mol. The Hall–Kier alpha value is -2.10. The van der Waals surface area contributed by atoms with E-state index in [2.05, 4.69) is 73.6 Å². The second-order valence-electron chi connectivity index (χ2n) is 7.20. The number of aliphatic imine (C=N–C) groups is 2. The molecule has 0 bridgehead atoms. The number of rotatable bonds is 6. The number of hydrogen-bond acceptors (Lipinski definition) is 2. The van der Waals surface area contributed by atoms with Crippen LogP contribution < -0.4 is 0 Å². The largest absolute Gasteiger partial charge is 0.358 e. The first-order chi connectivity index (χ1) is 10.8. The number of aryl methyl sites for hydroxylation is 4. The van der Waals surface area contributed by atoms with E-state index < -0.39 is 0 Å². The van der Waals surface area contributed by atoms with Gasteiger partial charge in [-0.2, -0.15) is 0 Å². The molecule has 4 heteroatoms. The van der Waals surface area contributed by atoms with Crippen LogP contribution in [0.25, 0.3) is 0 Å². The van der Waals surface area contributed by atoms with Gasteiger partial charge in [-0.05, 0) is 51.0 Å². The summed E-state index contributed by atoms with van der Waals surface area (Å²) in [5.41, 5.74) is 7.05. The van der Waals surface area contributed by atoms with E-state index in [0.717, 1.165) is 24.5 Å². The van der Waals surface area contributed by atoms with Crippen molar-refractivity contribution in [2.24, 2.45) is 15.4 Å². The van der Waals surface area contributed by atoms with E-state index >= 15 is 0 Å². The summed E-state index contributed by atoms with van der Waals surface area (Å²) >= 11 is 0. The molecule has 0 aliphatic rings. The molecule has 0 atom stereocenters. The van der Waals surface area contributed by atoms with Crippen molar-refractivity contribution in [2.75, 3.05) is 13.1 Å². The maximum Gasteiger partial charge on any atom is 0.0593 e. The Bertz CT molecular complexity index is 654. The molecule has 2 aromatic heterocycles. The highest BCUT2D eigenvalue weighted by molar-refractivity contribution is 5.80. The first-order valence-corrected chi connectivity index (χ1v) is 8.09. The van der Waals surface area contributed by atoms with Gasteiger partial charge in [0, 0.05) is 42.3 Å². The van der Waals surface area contributed by atoms with Crippen LogP contribution in [0.1, 0.15) is 47.8 Å². The lowest BCUT2D eigenvalue weighted by Gasteiger charge is -2.19. The Kier molecular flexibility index (Phi) is 5.24. The van der Waals surface area contributed by atoms with Crippen LogP contribution in [0.15, 0.2) is 22.1 Å². The fourth-order valence-corrected chi connectivity index (χ4v) is 2.59. The van der Waals surface area contributed by atoms with Crippen molar-refractivity contribution in [2.45, 2.75) is 41.5 Å². The van der Waals surface area contributed by atoms with Crippen LogP contribution in [-0.4, -0.2) is 35.5 Å². The smallest absolute Gasteiger partial charge is 0.0593 e. The Morgan fingerprint density at radius 1 is 0.826 bits per heavy atom. The average molecular weight is 312 g/mol. The lowest BCUT2D eigenvalue weighted by molar-refractivity contribution is 0.396. The first kappa shape index (κ1) is 17.3. The van der Waals surface area contributed by atoms with Crippen molar-refractivity contribution >= 4 is 12.4 Å². The Morgan fingerprint density at radius 3 is 1.52 bits per heavy atom. The van der Waals surface area contributed by atoms with Crippen LogP contribution in [0.3, 0.4) is 0 Å². The Labute approximate surface area is 139 Å². The minimum Gasteiger partial charge on any atom is -0.358 e. The number of aromatic nitrogens is 2. The van der Waals surface area contributed by atoms with Crippen molar-refractivity contribution in [1.29, 1.82) is 0 Å². The van der Waals surface area contributed by atoms with Crippen LogP contribution in [0.2, 0.25) is 0 Å². The molecular formula is C19H28N4. The number of nitrogens with zero attached hydrogens (tertiary/aromatic N) is 2. The minimum absolute atomic E-state index is 0.0398. The SMILES string of the molecule is Cc1cc(C)c(C=NCC(C)(C)CN=Cc2[nH]c(C)cc2C)[nH]1. The molecule has 0 amide bonds. The van der Waals surface area contributed by atoms with Crippen molar-refractivity contribution < 1.29 is 0 Å². The minimum atomic E-state index is 0.0398. The molecular weight excluding hydrogens is 284 g/mol. The molecule has 0 saturated heterocycles. The summed E-state index contributed by atoms with van der Waals surface area (Å²) < 4.78 is 0. The summed E-state index contributed by atoms with van der Waals surface area (Å²) in [5.74, 6) is 0. The highest BCUT2D eigenvalue weighted by Gasteiger charge is 2.16. The number of aromatic amines is 2. The van der Waals surface area contributed by atoms with Gasteiger partial charge in [0.15, 0.2) is 0 Å². The zero-order valence-corrected chi connectivity index (χ0v) is 15.1. The number of nitrogens with one attached hydrogen (secondary N) is 2. The molecule has 4 nitrogen and oxygen atoms in total. The first-order valence-electron chi connectivity index (χ1n) is 8.09. The van der Waals surface area contributed by atoms with Gasteiger partial charge >= 0.3 is 0 Å². The zero-order valence-electron chi connectivity index (χ0n) is 15.1. The maximum atomic E-state index is 4.60. The summed E-state index contributed by atoms with van der Waals surface area (Å²) in [4.78, 5) is 15.8. The van der Waals surface area contributed by atoms with E-state index in [4.69, 9.17) is 0 Å². The van der Waals surface area contributed by atoms with Crippen molar-refractivity contribution in [3.8, 4) is 0 Å². The van der Waals surface area contributed by atoms with Gasteiger partial charge in [0.25, 0.3) is 0 Å². The molecule has 2 N–H and O–H groups in total. The summed E-state index contributed by atoms with van der Waals surface area (Å²) in [7, 11) is 0. The zero-order chi connectivity index (χ0) is 17.0. The van der Waals surface area contributed by atoms with E-state index in [1.54, 1.807) is 0 Å². The summed E-state index contributed by atoms with van der Waals surface area (Å²) in [6.07, 6.45) is 3.87. The molecule has 0 fully saturated rings. The predicted octanol–water partition coefficient (Wildman–Crippen LogP) is 4.14. The van der Waals surface area contributed by atoms with Gasteiger partial charge < -0.3 is 9.97 Å². The summed E-state index contributed by atoms with van der Waals surface area (Å²) in [5, 5.41) is 0. The number of hydrogen-bond donors (Lipinski definition) is 2. The normalized spacial score (nSPS) is 12.8. The molecule has 124 valence electrons. The van der Waals surface area contributed by atoms with Crippen molar-refractivity contribution in [3.05, 3.63) is 46.0 Å². The molecule has 0 aliphatic heterocycles. The number of H-pyrrole nitrogens is 2. The van der Waals surface area contributed by atoms with E-state index in [-0.39, 0.29) is 5.41 Å². The third kappa shape index (κ3) is 4.95. The van der Waals surface area contributed by atoms with Crippen molar-refractivity contribution in [1.82, 2.24) is 9.97 Å². The maximum absolute atomic E-state index is 4.60. The van der Waals surface area contributed by atoms with Crippen LogP contribution in [0.5, 0.6) is 0 Å². The van der Waals surface area contributed by atoms with E-state index in [1.165, 1.54) is 22.5 Å². The van der Waals surface area contributed by atoms with Crippen LogP contribution in [-0.2, 0) is 0 Å². The Balaban J connectivity index is 1.91. The van der Waals surface area contributed by atoms with Gasteiger partial charge in [0.1, 0.15) is 0 Å². The van der Waals surface area contributed by atoms with Crippen molar-refractivity contribution in [3.63, 3.8) is 0 Å². The molecule has 0 unspecified atom stereocenters. The van der Waals surface area contributed by atoms with Crippen LogP contribution in [0.4, 0.5) is 0 Å². The van der Waals surface area contributed by atoms with E-state index in [9.17, 15) is 0 Å². The topological polar surface area (TPSA) is 56.3 Å². The quantitative estimate of drug-likeness (QED) is 0.753. The molecule has 0 radical (unpaired) electrons. The molecule has 23 heavy (non-hydrogen) atoms. The highest BCUT2D eigenvalue weighted by atomic mass is 14.8. The van der Waals surface area contributed by atoms with Gasteiger partial charge in [0.2, 0.25) is 0 Å². The van der Waals surface area contributed by atoms with Gasteiger partial charge in [-0.3, -0.25) is 9.98 Å². The standard InChI is InChI=1S/C19H28N4/c1-13-7-15(3)22-17(13)9-20-11-19(5,6)12-21-10-18-14(2)8-16(4)23-18/h7-10,22-23H,11-12H2,1-6H3. The Morgan fingerprint density at radius 2 is 1.22 bits per heavy atom. The van der Waals surface area contributed by atoms with Gasteiger partial charge in [-0.1, -0.05) is 13.8 Å². The molecule has 0 saturated carbocycles. The second-order valence-corrected chi connectivity index (χ2v) is 7.20. The van der Waals surface area contributed by atoms with Crippen LogP contribution >= 0.6 is 0 Å². The molecule has 0 aromatic carbocycles. The molecule has 0 aliphatic carbocycles.